The molecule has 0 aliphatic carbocycles. The minimum atomic E-state index is 0.447. The van der Waals surface area contributed by atoms with Crippen LogP contribution in [-0.4, -0.2) is 14.5 Å². The van der Waals surface area contributed by atoms with Gasteiger partial charge in [-0.1, -0.05) is 33.1 Å². The highest BCUT2D eigenvalue weighted by Crippen LogP contribution is 2.27. The van der Waals surface area contributed by atoms with E-state index in [0.717, 1.165) is 23.4 Å². The minimum Gasteiger partial charge on any atom is -0.309 e. The molecule has 2 rings (SSSR count). The zero-order valence-corrected chi connectivity index (χ0v) is 12.5. The number of imidazole rings is 1. The van der Waals surface area contributed by atoms with E-state index in [-0.39, 0.29) is 0 Å². The first kappa shape index (κ1) is 14.3. The molecule has 1 atom stereocenters. The molecule has 1 unspecified atom stereocenters. The molecule has 0 N–H and O–H groups in total. The summed E-state index contributed by atoms with van der Waals surface area (Å²) in [6.07, 6.45) is 7.79. The standard InChI is InChI=1S/C15H22ClN3/c1-3-5-8-12(7-4-2)19-14(11-16)18-13-9-6-10-17-15(13)19/h6,9-10,12H,3-5,7-8,11H2,1-2H3. The number of aromatic nitrogens is 3. The number of fused-ring (bicyclic) bond motifs is 1. The van der Waals surface area contributed by atoms with Gasteiger partial charge >= 0.3 is 0 Å². The Bertz CT molecular complexity index is 521. The number of nitrogens with zero attached hydrogens (tertiary/aromatic N) is 3. The van der Waals surface area contributed by atoms with E-state index < -0.39 is 0 Å². The normalized spacial score (nSPS) is 13.0. The highest BCUT2D eigenvalue weighted by atomic mass is 35.5. The first-order valence-corrected chi connectivity index (χ1v) is 7.73. The molecule has 104 valence electrons. The Kier molecular flexibility index (Phi) is 5.20. The third-order valence-electron chi connectivity index (χ3n) is 3.52. The second-order valence-electron chi connectivity index (χ2n) is 4.96. The Hall–Kier alpha value is -1.09. The SMILES string of the molecule is CCCCC(CCC)n1c(CCl)nc2cccnc21. The maximum absolute atomic E-state index is 6.07. The lowest BCUT2D eigenvalue weighted by atomic mass is 10.0. The summed E-state index contributed by atoms with van der Waals surface area (Å²) in [4.78, 5) is 9.11. The third-order valence-corrected chi connectivity index (χ3v) is 3.76. The monoisotopic (exact) mass is 279 g/mol. The van der Waals surface area contributed by atoms with Crippen molar-refractivity contribution in [2.75, 3.05) is 0 Å². The minimum absolute atomic E-state index is 0.447. The summed E-state index contributed by atoms with van der Waals surface area (Å²) in [5, 5.41) is 0. The number of hydrogen-bond acceptors (Lipinski definition) is 2. The van der Waals surface area contributed by atoms with Crippen molar-refractivity contribution in [1.29, 1.82) is 0 Å². The number of rotatable bonds is 7. The number of halogens is 1. The van der Waals surface area contributed by atoms with Gasteiger partial charge in [0.2, 0.25) is 0 Å². The van der Waals surface area contributed by atoms with E-state index in [0.29, 0.717) is 11.9 Å². The Morgan fingerprint density at radius 1 is 1.26 bits per heavy atom. The Labute approximate surface area is 120 Å². The Balaban J connectivity index is 2.43. The van der Waals surface area contributed by atoms with Gasteiger partial charge in [-0.2, -0.15) is 0 Å². The predicted octanol–water partition coefficient (Wildman–Crippen LogP) is 4.70. The van der Waals surface area contributed by atoms with Crippen LogP contribution in [0.1, 0.15) is 57.8 Å². The van der Waals surface area contributed by atoms with Gasteiger partial charge in [-0.15, -0.1) is 11.6 Å². The van der Waals surface area contributed by atoms with E-state index in [1.807, 2.05) is 18.3 Å². The fourth-order valence-corrected chi connectivity index (χ4v) is 2.82. The van der Waals surface area contributed by atoms with Crippen molar-refractivity contribution in [1.82, 2.24) is 14.5 Å². The third kappa shape index (κ3) is 3.08. The molecule has 0 aliphatic rings. The molecule has 0 bridgehead atoms. The molecule has 0 radical (unpaired) electrons. The highest BCUT2D eigenvalue weighted by molar-refractivity contribution is 6.16. The van der Waals surface area contributed by atoms with Crippen molar-refractivity contribution in [3.05, 3.63) is 24.2 Å². The fraction of sp³-hybridized carbons (Fsp3) is 0.600. The molecule has 2 heterocycles. The Morgan fingerprint density at radius 2 is 2.11 bits per heavy atom. The summed E-state index contributed by atoms with van der Waals surface area (Å²) in [5.74, 6) is 1.40. The van der Waals surface area contributed by atoms with Gasteiger partial charge < -0.3 is 4.57 Å². The predicted molar refractivity (Wildman–Crippen MR) is 80.6 cm³/mol. The van der Waals surface area contributed by atoms with Crippen molar-refractivity contribution in [2.24, 2.45) is 0 Å². The van der Waals surface area contributed by atoms with E-state index in [9.17, 15) is 0 Å². The molecule has 0 spiro atoms. The second kappa shape index (κ2) is 6.90. The van der Waals surface area contributed by atoms with Gasteiger partial charge in [0.1, 0.15) is 11.3 Å². The lowest BCUT2D eigenvalue weighted by molar-refractivity contribution is 0.416. The molecular formula is C15H22ClN3. The quantitative estimate of drug-likeness (QED) is 0.688. The maximum atomic E-state index is 6.07. The van der Waals surface area contributed by atoms with Crippen LogP contribution in [0.5, 0.6) is 0 Å². The van der Waals surface area contributed by atoms with Crippen molar-refractivity contribution in [3.63, 3.8) is 0 Å². The molecule has 0 amide bonds. The lowest BCUT2D eigenvalue weighted by Crippen LogP contribution is -2.12. The Morgan fingerprint density at radius 3 is 2.79 bits per heavy atom. The molecule has 2 aromatic heterocycles. The van der Waals surface area contributed by atoms with Crippen LogP contribution in [0.15, 0.2) is 18.3 Å². The molecular weight excluding hydrogens is 258 g/mol. The molecule has 0 saturated heterocycles. The summed E-state index contributed by atoms with van der Waals surface area (Å²) in [6.45, 7) is 4.46. The molecule has 0 fully saturated rings. The summed E-state index contributed by atoms with van der Waals surface area (Å²) < 4.78 is 2.27. The largest absolute Gasteiger partial charge is 0.309 e. The van der Waals surface area contributed by atoms with Crippen molar-refractivity contribution < 1.29 is 0 Å². The van der Waals surface area contributed by atoms with Crippen molar-refractivity contribution in [3.8, 4) is 0 Å². The number of hydrogen-bond donors (Lipinski definition) is 0. The average Bonchev–Trinajstić information content (AvgIpc) is 2.82. The molecule has 0 aliphatic heterocycles. The molecule has 0 aromatic carbocycles. The number of pyridine rings is 1. The van der Waals surface area contributed by atoms with Crippen LogP contribution in [0.4, 0.5) is 0 Å². The summed E-state index contributed by atoms with van der Waals surface area (Å²) in [6, 6.07) is 4.41. The van der Waals surface area contributed by atoms with Gasteiger partial charge in [-0.3, -0.25) is 0 Å². The average molecular weight is 280 g/mol. The van der Waals surface area contributed by atoms with Crippen LogP contribution < -0.4 is 0 Å². The summed E-state index contributed by atoms with van der Waals surface area (Å²) in [7, 11) is 0. The lowest BCUT2D eigenvalue weighted by Gasteiger charge is -2.20. The zero-order valence-electron chi connectivity index (χ0n) is 11.8. The van der Waals surface area contributed by atoms with E-state index >= 15 is 0 Å². The van der Waals surface area contributed by atoms with E-state index in [2.05, 4.69) is 28.4 Å². The van der Waals surface area contributed by atoms with Crippen LogP contribution in [0.25, 0.3) is 11.2 Å². The van der Waals surface area contributed by atoms with Crippen LogP contribution in [-0.2, 0) is 5.88 Å². The highest BCUT2D eigenvalue weighted by Gasteiger charge is 2.18. The van der Waals surface area contributed by atoms with E-state index in [1.165, 1.54) is 25.7 Å². The van der Waals surface area contributed by atoms with Crippen molar-refractivity contribution in [2.45, 2.75) is 57.9 Å². The van der Waals surface area contributed by atoms with Gasteiger partial charge in [0.15, 0.2) is 5.65 Å². The summed E-state index contributed by atoms with van der Waals surface area (Å²) in [5.41, 5.74) is 1.93. The maximum Gasteiger partial charge on any atom is 0.160 e. The molecule has 4 heteroatoms. The van der Waals surface area contributed by atoms with Crippen LogP contribution in [0.2, 0.25) is 0 Å². The van der Waals surface area contributed by atoms with Gasteiger partial charge in [-0.05, 0) is 25.0 Å². The van der Waals surface area contributed by atoms with Crippen molar-refractivity contribution >= 4 is 22.8 Å². The molecule has 3 nitrogen and oxygen atoms in total. The van der Waals surface area contributed by atoms with Crippen LogP contribution >= 0.6 is 11.6 Å². The summed E-state index contributed by atoms with van der Waals surface area (Å²) >= 11 is 6.07. The number of alkyl halides is 1. The zero-order chi connectivity index (χ0) is 13.7. The van der Waals surface area contributed by atoms with E-state index in [1.54, 1.807) is 0 Å². The smallest absolute Gasteiger partial charge is 0.160 e. The van der Waals surface area contributed by atoms with Gasteiger partial charge in [0.25, 0.3) is 0 Å². The molecule has 0 saturated carbocycles. The first-order chi connectivity index (χ1) is 9.31. The van der Waals surface area contributed by atoms with Gasteiger partial charge in [0.05, 0.1) is 5.88 Å². The molecule has 19 heavy (non-hydrogen) atoms. The number of unbranched alkanes of at least 4 members (excludes halogenated alkanes) is 1. The van der Waals surface area contributed by atoms with E-state index in [4.69, 9.17) is 11.6 Å². The van der Waals surface area contributed by atoms with Crippen LogP contribution in [0, 0.1) is 0 Å². The van der Waals surface area contributed by atoms with Gasteiger partial charge in [-0.25, -0.2) is 9.97 Å². The topological polar surface area (TPSA) is 30.7 Å². The first-order valence-electron chi connectivity index (χ1n) is 7.19. The fourth-order valence-electron chi connectivity index (χ4n) is 2.63. The molecule has 2 aromatic rings. The van der Waals surface area contributed by atoms with Crippen LogP contribution in [0.3, 0.4) is 0 Å². The van der Waals surface area contributed by atoms with Gasteiger partial charge in [0, 0.05) is 12.2 Å². The second-order valence-corrected chi connectivity index (χ2v) is 5.23.